The second-order valence-electron chi connectivity index (χ2n) is 5.22. The van der Waals surface area contributed by atoms with Gasteiger partial charge in [0.2, 0.25) is 0 Å². The van der Waals surface area contributed by atoms with Gasteiger partial charge in [0, 0.05) is 19.1 Å². The molecular weight excluding hydrogens is 256 g/mol. The van der Waals surface area contributed by atoms with Crippen molar-refractivity contribution in [1.82, 2.24) is 4.90 Å². The average molecular weight is 278 g/mol. The fourth-order valence-corrected chi connectivity index (χ4v) is 2.34. The molecule has 5 nitrogen and oxygen atoms in total. The van der Waals surface area contributed by atoms with E-state index in [0.717, 1.165) is 5.56 Å². The van der Waals surface area contributed by atoms with E-state index >= 15 is 0 Å². The lowest BCUT2D eigenvalue weighted by Gasteiger charge is -2.35. The maximum Gasteiger partial charge on any atom is 0.257 e. The molecule has 2 atom stereocenters. The van der Waals surface area contributed by atoms with Crippen molar-refractivity contribution >= 4 is 5.91 Å². The smallest absolute Gasteiger partial charge is 0.257 e. The molecule has 110 valence electrons. The summed E-state index contributed by atoms with van der Waals surface area (Å²) in [7, 11) is 1.57. The minimum atomic E-state index is -0.108. The maximum atomic E-state index is 12.6. The molecule has 1 aromatic rings. The van der Waals surface area contributed by atoms with Gasteiger partial charge in [-0.1, -0.05) is 11.6 Å². The molecule has 20 heavy (non-hydrogen) atoms. The van der Waals surface area contributed by atoms with Gasteiger partial charge in [-0.05, 0) is 26.0 Å². The Balaban J connectivity index is 2.20. The minimum absolute atomic E-state index is 0.0282. The number of methoxy groups -OCH3 is 1. The number of carbonyl (C=O) groups excluding carboxylic acids is 1. The average Bonchev–Trinajstić information content (AvgIpc) is 2.46. The molecule has 2 rings (SSSR count). The second kappa shape index (κ2) is 6.24. The quantitative estimate of drug-likeness (QED) is 0.902. The number of nitrogens with zero attached hydrogens (tertiary/aromatic N) is 1. The monoisotopic (exact) mass is 278 g/mol. The van der Waals surface area contributed by atoms with Crippen LogP contribution in [0, 0.1) is 6.92 Å². The van der Waals surface area contributed by atoms with Gasteiger partial charge in [0.1, 0.15) is 5.75 Å². The molecule has 1 aliphatic rings. The molecule has 2 N–H and O–H groups in total. The fourth-order valence-electron chi connectivity index (χ4n) is 2.34. The van der Waals surface area contributed by atoms with E-state index in [1.165, 1.54) is 0 Å². The van der Waals surface area contributed by atoms with Crippen LogP contribution in [0.15, 0.2) is 18.2 Å². The molecular formula is C15H22N2O3. The molecule has 0 bridgehead atoms. The van der Waals surface area contributed by atoms with Crippen molar-refractivity contribution in [2.75, 3.05) is 26.8 Å². The Kier molecular flexibility index (Phi) is 4.62. The van der Waals surface area contributed by atoms with Crippen LogP contribution in [0.3, 0.4) is 0 Å². The van der Waals surface area contributed by atoms with Crippen molar-refractivity contribution in [3.63, 3.8) is 0 Å². The molecule has 0 aromatic heterocycles. The topological polar surface area (TPSA) is 64.8 Å². The van der Waals surface area contributed by atoms with Gasteiger partial charge in [-0.2, -0.15) is 0 Å². The van der Waals surface area contributed by atoms with E-state index in [1.54, 1.807) is 12.0 Å². The lowest BCUT2D eigenvalue weighted by molar-refractivity contribution is -0.0300. The van der Waals surface area contributed by atoms with Crippen molar-refractivity contribution in [3.05, 3.63) is 29.3 Å². The van der Waals surface area contributed by atoms with E-state index in [-0.39, 0.29) is 18.1 Å². The first-order chi connectivity index (χ1) is 9.52. The van der Waals surface area contributed by atoms with Gasteiger partial charge in [-0.25, -0.2) is 0 Å². The largest absolute Gasteiger partial charge is 0.496 e. The number of amides is 1. The number of nitrogens with two attached hydrogens (primary N) is 1. The summed E-state index contributed by atoms with van der Waals surface area (Å²) in [5.74, 6) is 0.573. The zero-order valence-corrected chi connectivity index (χ0v) is 12.3. The van der Waals surface area contributed by atoms with Gasteiger partial charge in [-0.3, -0.25) is 4.79 Å². The minimum Gasteiger partial charge on any atom is -0.496 e. The lowest BCUT2D eigenvalue weighted by Crippen LogP contribution is -2.51. The van der Waals surface area contributed by atoms with Crippen LogP contribution in [0.4, 0.5) is 0 Å². The Hall–Kier alpha value is -1.59. The number of benzene rings is 1. The highest BCUT2D eigenvalue weighted by Gasteiger charge is 2.28. The number of hydrogen-bond donors (Lipinski definition) is 1. The third-order valence-corrected chi connectivity index (χ3v) is 3.55. The van der Waals surface area contributed by atoms with E-state index < -0.39 is 0 Å². The summed E-state index contributed by atoms with van der Waals surface area (Å²) < 4.78 is 10.9. The summed E-state index contributed by atoms with van der Waals surface area (Å²) in [5.41, 5.74) is 7.49. The summed E-state index contributed by atoms with van der Waals surface area (Å²) in [6.07, 6.45) is -0.108. The van der Waals surface area contributed by atoms with Gasteiger partial charge in [0.25, 0.3) is 5.91 Å². The van der Waals surface area contributed by atoms with E-state index in [1.807, 2.05) is 32.0 Å². The predicted molar refractivity (Wildman–Crippen MR) is 77.0 cm³/mol. The molecule has 1 fully saturated rings. The van der Waals surface area contributed by atoms with Gasteiger partial charge in [0.05, 0.1) is 25.4 Å². The third kappa shape index (κ3) is 3.11. The van der Waals surface area contributed by atoms with Crippen molar-refractivity contribution in [2.45, 2.75) is 26.0 Å². The molecule has 2 unspecified atom stereocenters. The van der Waals surface area contributed by atoms with E-state index in [4.69, 9.17) is 15.2 Å². The van der Waals surface area contributed by atoms with Gasteiger partial charge >= 0.3 is 0 Å². The van der Waals surface area contributed by atoms with Crippen LogP contribution in [-0.2, 0) is 4.74 Å². The number of hydrogen-bond acceptors (Lipinski definition) is 4. The van der Waals surface area contributed by atoms with Crippen LogP contribution in [-0.4, -0.2) is 49.8 Å². The summed E-state index contributed by atoms with van der Waals surface area (Å²) in [6, 6.07) is 5.52. The molecule has 0 spiro atoms. The van der Waals surface area contributed by atoms with Crippen LogP contribution in [0.1, 0.15) is 22.8 Å². The molecule has 1 heterocycles. The van der Waals surface area contributed by atoms with Crippen LogP contribution in [0.25, 0.3) is 0 Å². The van der Waals surface area contributed by atoms with Crippen molar-refractivity contribution in [2.24, 2.45) is 5.73 Å². The second-order valence-corrected chi connectivity index (χ2v) is 5.22. The van der Waals surface area contributed by atoms with E-state index in [2.05, 4.69) is 0 Å². The fraction of sp³-hybridized carbons (Fsp3) is 0.533. The van der Waals surface area contributed by atoms with Crippen molar-refractivity contribution in [3.8, 4) is 5.75 Å². The zero-order chi connectivity index (χ0) is 14.7. The van der Waals surface area contributed by atoms with Crippen LogP contribution >= 0.6 is 0 Å². The van der Waals surface area contributed by atoms with Crippen molar-refractivity contribution in [1.29, 1.82) is 0 Å². The van der Waals surface area contributed by atoms with Crippen LogP contribution in [0.2, 0.25) is 0 Å². The van der Waals surface area contributed by atoms with Gasteiger partial charge in [-0.15, -0.1) is 0 Å². The summed E-state index contributed by atoms with van der Waals surface area (Å²) in [6.45, 7) is 5.48. The highest BCUT2D eigenvalue weighted by molar-refractivity contribution is 5.97. The highest BCUT2D eigenvalue weighted by atomic mass is 16.5. The van der Waals surface area contributed by atoms with E-state index in [9.17, 15) is 4.79 Å². The molecule has 0 radical (unpaired) electrons. The van der Waals surface area contributed by atoms with Crippen LogP contribution in [0.5, 0.6) is 5.75 Å². The summed E-state index contributed by atoms with van der Waals surface area (Å²) in [5, 5.41) is 0. The Morgan fingerprint density at radius 1 is 1.55 bits per heavy atom. The van der Waals surface area contributed by atoms with Crippen molar-refractivity contribution < 1.29 is 14.3 Å². The maximum absolute atomic E-state index is 12.6. The normalized spacial score (nSPS) is 20.6. The molecule has 1 amide bonds. The lowest BCUT2D eigenvalue weighted by atomic mass is 10.1. The third-order valence-electron chi connectivity index (χ3n) is 3.55. The van der Waals surface area contributed by atoms with E-state index in [0.29, 0.717) is 31.0 Å². The summed E-state index contributed by atoms with van der Waals surface area (Å²) >= 11 is 0. The Morgan fingerprint density at radius 2 is 2.30 bits per heavy atom. The van der Waals surface area contributed by atoms with Gasteiger partial charge in [0.15, 0.2) is 0 Å². The number of ether oxygens (including phenoxy) is 2. The zero-order valence-electron chi connectivity index (χ0n) is 12.3. The first-order valence-electron chi connectivity index (χ1n) is 6.84. The number of rotatable bonds is 3. The Labute approximate surface area is 119 Å². The van der Waals surface area contributed by atoms with Crippen LogP contribution < -0.4 is 10.5 Å². The Bertz CT molecular complexity index is 488. The first-order valence-corrected chi connectivity index (χ1v) is 6.84. The first kappa shape index (κ1) is 14.8. The number of carbonyl (C=O) groups is 1. The SMILES string of the molecule is COc1ccc(C)cc1C(=O)N1CCOC(C(C)N)C1. The molecule has 1 saturated heterocycles. The Morgan fingerprint density at radius 3 is 2.95 bits per heavy atom. The number of aryl methyl sites for hydroxylation is 1. The molecule has 1 aromatic carbocycles. The summed E-state index contributed by atoms with van der Waals surface area (Å²) in [4.78, 5) is 14.4. The van der Waals surface area contributed by atoms with Gasteiger partial charge < -0.3 is 20.1 Å². The molecule has 0 aliphatic carbocycles. The predicted octanol–water partition coefficient (Wildman–Crippen LogP) is 1.19. The molecule has 5 heteroatoms. The number of morpholine rings is 1. The highest BCUT2D eigenvalue weighted by Crippen LogP contribution is 2.22. The standard InChI is InChI=1S/C15H22N2O3/c1-10-4-5-13(19-3)12(8-10)15(18)17-6-7-20-14(9-17)11(2)16/h4-5,8,11,14H,6-7,9,16H2,1-3H3. The molecule has 1 aliphatic heterocycles. The molecule has 0 saturated carbocycles.